The molecule has 0 saturated carbocycles. The Morgan fingerprint density at radius 2 is 2.26 bits per heavy atom. The molecule has 0 aromatic heterocycles. The second-order valence-electron chi connectivity index (χ2n) is 4.61. The fourth-order valence-corrected chi connectivity index (χ4v) is 2.28. The molecule has 1 aliphatic rings. The number of rotatable bonds is 5. The Balaban J connectivity index is 1.90. The van der Waals surface area contributed by atoms with Gasteiger partial charge in [-0.05, 0) is 31.9 Å². The molecule has 1 amide bonds. The van der Waals surface area contributed by atoms with Crippen molar-refractivity contribution in [3.63, 3.8) is 0 Å². The van der Waals surface area contributed by atoms with Crippen LogP contribution in [0.25, 0.3) is 0 Å². The van der Waals surface area contributed by atoms with Gasteiger partial charge in [-0.25, -0.2) is 0 Å². The summed E-state index contributed by atoms with van der Waals surface area (Å²) in [7, 11) is 0. The summed E-state index contributed by atoms with van der Waals surface area (Å²) >= 11 is 0. The summed E-state index contributed by atoms with van der Waals surface area (Å²) in [6.45, 7) is 1.56. The van der Waals surface area contributed by atoms with Gasteiger partial charge in [0.15, 0.2) is 0 Å². The highest BCUT2D eigenvalue weighted by Gasteiger charge is 2.19. The maximum absolute atomic E-state index is 11.9. The van der Waals surface area contributed by atoms with Crippen LogP contribution in [0.5, 0.6) is 0 Å². The van der Waals surface area contributed by atoms with Crippen molar-refractivity contribution < 1.29 is 9.72 Å². The van der Waals surface area contributed by atoms with Crippen LogP contribution in [0.3, 0.4) is 0 Å². The van der Waals surface area contributed by atoms with Crippen LogP contribution in [-0.2, 0) is 0 Å². The number of carbonyl (C=O) groups excluding carboxylic acids is 1. The summed E-state index contributed by atoms with van der Waals surface area (Å²) in [5, 5.41) is 16.9. The van der Waals surface area contributed by atoms with Gasteiger partial charge in [-0.15, -0.1) is 0 Å². The highest BCUT2D eigenvalue weighted by atomic mass is 16.6. The maximum Gasteiger partial charge on any atom is 0.282 e. The van der Waals surface area contributed by atoms with E-state index in [1.54, 1.807) is 12.1 Å². The maximum atomic E-state index is 11.9. The van der Waals surface area contributed by atoms with E-state index in [0.29, 0.717) is 12.6 Å². The first-order valence-corrected chi connectivity index (χ1v) is 6.43. The summed E-state index contributed by atoms with van der Waals surface area (Å²) in [5.41, 5.74) is -0.0362. The molecule has 6 nitrogen and oxygen atoms in total. The van der Waals surface area contributed by atoms with E-state index in [-0.39, 0.29) is 17.2 Å². The number of para-hydroxylation sites is 1. The standard InChI is InChI=1S/C13H17N3O3/c17-13(15-9-7-10-4-3-8-14-10)11-5-1-2-6-12(11)16(18)19/h1-2,5-6,10,14H,3-4,7-9H2,(H,15,17). The fourth-order valence-electron chi connectivity index (χ4n) is 2.28. The molecule has 102 valence electrons. The number of benzene rings is 1. The lowest BCUT2D eigenvalue weighted by molar-refractivity contribution is -0.385. The third kappa shape index (κ3) is 3.51. The van der Waals surface area contributed by atoms with E-state index < -0.39 is 4.92 Å². The van der Waals surface area contributed by atoms with Crippen LogP contribution in [-0.4, -0.2) is 30.0 Å². The largest absolute Gasteiger partial charge is 0.352 e. The molecule has 0 bridgehead atoms. The molecule has 19 heavy (non-hydrogen) atoms. The lowest BCUT2D eigenvalue weighted by Crippen LogP contribution is -2.30. The molecular weight excluding hydrogens is 246 g/mol. The number of nitro benzene ring substituents is 1. The smallest absolute Gasteiger partial charge is 0.282 e. The number of hydrogen-bond donors (Lipinski definition) is 2. The SMILES string of the molecule is O=C(NCCC1CCCN1)c1ccccc1[N+](=O)[O-]. The second-order valence-corrected chi connectivity index (χ2v) is 4.61. The van der Waals surface area contributed by atoms with Gasteiger partial charge in [-0.1, -0.05) is 12.1 Å². The van der Waals surface area contributed by atoms with E-state index in [9.17, 15) is 14.9 Å². The van der Waals surface area contributed by atoms with Crippen LogP contribution in [0.15, 0.2) is 24.3 Å². The summed E-state index contributed by atoms with van der Waals surface area (Å²) in [6.07, 6.45) is 3.15. The average Bonchev–Trinajstić information content (AvgIpc) is 2.91. The van der Waals surface area contributed by atoms with Crippen LogP contribution in [0, 0.1) is 10.1 Å². The number of nitrogens with zero attached hydrogens (tertiary/aromatic N) is 1. The first-order chi connectivity index (χ1) is 9.18. The Hall–Kier alpha value is -1.95. The van der Waals surface area contributed by atoms with Crippen LogP contribution in [0.4, 0.5) is 5.69 Å². The van der Waals surface area contributed by atoms with Crippen LogP contribution >= 0.6 is 0 Å². The lowest BCUT2D eigenvalue weighted by Gasteiger charge is -2.10. The zero-order valence-electron chi connectivity index (χ0n) is 10.6. The topological polar surface area (TPSA) is 84.3 Å². The van der Waals surface area contributed by atoms with Gasteiger partial charge in [-0.2, -0.15) is 0 Å². The Kier molecular flexibility index (Phi) is 4.46. The first-order valence-electron chi connectivity index (χ1n) is 6.43. The molecule has 1 unspecified atom stereocenters. The average molecular weight is 263 g/mol. The first kappa shape index (κ1) is 13.5. The minimum absolute atomic E-state index is 0.117. The van der Waals surface area contributed by atoms with Gasteiger partial charge in [-0.3, -0.25) is 14.9 Å². The summed E-state index contributed by atoms with van der Waals surface area (Å²) in [4.78, 5) is 22.2. The summed E-state index contributed by atoms with van der Waals surface area (Å²) in [6, 6.07) is 6.44. The van der Waals surface area contributed by atoms with Gasteiger partial charge in [0.25, 0.3) is 11.6 Å². The molecule has 1 heterocycles. The highest BCUT2D eigenvalue weighted by molar-refractivity contribution is 5.98. The van der Waals surface area contributed by atoms with Crippen LogP contribution < -0.4 is 10.6 Å². The van der Waals surface area contributed by atoms with E-state index in [1.165, 1.54) is 18.6 Å². The number of carbonyl (C=O) groups is 1. The minimum atomic E-state index is -0.534. The van der Waals surface area contributed by atoms with Crippen molar-refractivity contribution in [2.24, 2.45) is 0 Å². The molecule has 1 atom stereocenters. The molecule has 1 fully saturated rings. The molecule has 0 aliphatic carbocycles. The summed E-state index contributed by atoms with van der Waals surface area (Å²) < 4.78 is 0. The normalized spacial score (nSPS) is 18.2. The van der Waals surface area contributed by atoms with Crippen LogP contribution in [0.1, 0.15) is 29.6 Å². The van der Waals surface area contributed by atoms with E-state index in [0.717, 1.165) is 19.4 Å². The van der Waals surface area contributed by atoms with Crippen molar-refractivity contribution >= 4 is 11.6 Å². The van der Waals surface area contributed by atoms with Gasteiger partial charge >= 0.3 is 0 Å². The van der Waals surface area contributed by atoms with E-state index >= 15 is 0 Å². The Bertz CT molecular complexity index is 470. The molecule has 0 spiro atoms. The Morgan fingerprint density at radius 3 is 2.95 bits per heavy atom. The van der Waals surface area contributed by atoms with Gasteiger partial charge in [0.2, 0.25) is 0 Å². The predicted octanol–water partition coefficient (Wildman–Crippen LogP) is 1.47. The minimum Gasteiger partial charge on any atom is -0.352 e. The van der Waals surface area contributed by atoms with Crippen molar-refractivity contribution in [2.75, 3.05) is 13.1 Å². The van der Waals surface area contributed by atoms with Crippen LogP contribution in [0.2, 0.25) is 0 Å². The number of nitro groups is 1. The zero-order valence-corrected chi connectivity index (χ0v) is 10.6. The monoisotopic (exact) mass is 263 g/mol. The van der Waals surface area contributed by atoms with Gasteiger partial charge in [0.05, 0.1) is 4.92 Å². The molecule has 1 saturated heterocycles. The molecule has 2 N–H and O–H groups in total. The number of hydrogen-bond acceptors (Lipinski definition) is 4. The molecule has 0 radical (unpaired) electrons. The number of amides is 1. The highest BCUT2D eigenvalue weighted by Crippen LogP contribution is 2.17. The van der Waals surface area contributed by atoms with Gasteiger partial charge < -0.3 is 10.6 Å². The van der Waals surface area contributed by atoms with Crippen molar-refractivity contribution in [2.45, 2.75) is 25.3 Å². The van der Waals surface area contributed by atoms with E-state index in [2.05, 4.69) is 10.6 Å². The fraction of sp³-hybridized carbons (Fsp3) is 0.462. The lowest BCUT2D eigenvalue weighted by atomic mass is 10.1. The predicted molar refractivity (Wildman–Crippen MR) is 71.1 cm³/mol. The summed E-state index contributed by atoms with van der Waals surface area (Å²) in [5.74, 6) is -0.384. The second kappa shape index (κ2) is 6.29. The molecule has 1 aromatic rings. The molecule has 6 heteroatoms. The van der Waals surface area contributed by atoms with Crippen molar-refractivity contribution in [3.8, 4) is 0 Å². The quantitative estimate of drug-likeness (QED) is 0.622. The molecule has 1 aliphatic heterocycles. The van der Waals surface area contributed by atoms with Crippen molar-refractivity contribution in [3.05, 3.63) is 39.9 Å². The molecular formula is C13H17N3O3. The van der Waals surface area contributed by atoms with E-state index in [1.807, 2.05) is 0 Å². The third-order valence-corrected chi connectivity index (χ3v) is 3.29. The number of nitrogens with one attached hydrogen (secondary N) is 2. The molecule has 1 aromatic carbocycles. The zero-order chi connectivity index (χ0) is 13.7. The van der Waals surface area contributed by atoms with Gasteiger partial charge in [0.1, 0.15) is 5.56 Å². The van der Waals surface area contributed by atoms with Gasteiger partial charge in [0, 0.05) is 18.7 Å². The van der Waals surface area contributed by atoms with E-state index in [4.69, 9.17) is 0 Å². The Labute approximate surface area is 111 Å². The van der Waals surface area contributed by atoms with Crippen molar-refractivity contribution in [1.29, 1.82) is 0 Å². The third-order valence-electron chi connectivity index (χ3n) is 3.29. The van der Waals surface area contributed by atoms with Crippen molar-refractivity contribution in [1.82, 2.24) is 10.6 Å². The molecule has 2 rings (SSSR count). The Morgan fingerprint density at radius 1 is 1.47 bits per heavy atom.